The lowest BCUT2D eigenvalue weighted by molar-refractivity contribution is -0.138. The van der Waals surface area contributed by atoms with E-state index in [1.54, 1.807) is 49.9 Å². The summed E-state index contributed by atoms with van der Waals surface area (Å²) in [6.07, 6.45) is 8.88. The molecule has 2 aromatic heterocycles. The van der Waals surface area contributed by atoms with E-state index in [0.717, 1.165) is 58.6 Å². The molecule has 0 radical (unpaired) electrons. The summed E-state index contributed by atoms with van der Waals surface area (Å²) in [5.41, 5.74) is 4.48. The van der Waals surface area contributed by atoms with Gasteiger partial charge in [-0.3, -0.25) is 19.4 Å². The lowest BCUT2D eigenvalue weighted by Gasteiger charge is -2.42. The van der Waals surface area contributed by atoms with Crippen LogP contribution in [0.15, 0.2) is 109 Å². The molecule has 15 heteroatoms. The zero-order valence-corrected chi connectivity index (χ0v) is 38.5. The molecule has 3 aliphatic heterocycles. The highest BCUT2D eigenvalue weighted by atomic mass is 16.6. The van der Waals surface area contributed by atoms with Gasteiger partial charge in [0.2, 0.25) is 5.91 Å². The summed E-state index contributed by atoms with van der Waals surface area (Å²) >= 11 is 0. The van der Waals surface area contributed by atoms with Gasteiger partial charge in [0.15, 0.2) is 0 Å². The van der Waals surface area contributed by atoms with Gasteiger partial charge in [-0.05, 0) is 127 Å². The Kier molecular flexibility index (Phi) is 13.1. The number of H-pyrrole nitrogens is 2. The summed E-state index contributed by atoms with van der Waals surface area (Å²) in [5.74, 6) is 0.827. The van der Waals surface area contributed by atoms with Crippen LogP contribution in [0.25, 0.3) is 33.4 Å². The number of amides is 4. The molecule has 4 amide bonds. The molecule has 2 saturated heterocycles. The second kappa shape index (κ2) is 18.9. The Hall–Kier alpha value is -6.87. The van der Waals surface area contributed by atoms with E-state index in [0.29, 0.717) is 49.5 Å². The molecular weight excluding hydrogens is 837 g/mol. The zero-order valence-electron chi connectivity index (χ0n) is 38.5. The maximum absolute atomic E-state index is 14.1. The van der Waals surface area contributed by atoms with E-state index in [1.165, 1.54) is 4.90 Å². The molecule has 2 fully saturated rings. The molecule has 2 unspecified atom stereocenters. The van der Waals surface area contributed by atoms with Crippen molar-refractivity contribution in [3.63, 3.8) is 0 Å². The monoisotopic (exact) mass is 896 g/mol. The smallest absolute Gasteiger partial charge is 0.408 e. The highest BCUT2D eigenvalue weighted by Gasteiger charge is 2.41. The lowest BCUT2D eigenvalue weighted by atomic mass is 10.0. The number of hydrogen-bond acceptors (Lipinski definition) is 8. The predicted molar refractivity (Wildman–Crippen MR) is 253 cm³/mol. The number of carbonyl (C=O) groups excluding carboxylic acids is 3. The Morgan fingerprint density at radius 2 is 1.64 bits per heavy atom. The average Bonchev–Trinajstić information content (AvgIpc) is 4.12. The Morgan fingerprint density at radius 1 is 0.909 bits per heavy atom. The minimum Gasteiger partial charge on any atom is -0.492 e. The van der Waals surface area contributed by atoms with Crippen LogP contribution in [-0.2, 0) is 19.1 Å². The number of carbonyl (C=O) groups is 4. The van der Waals surface area contributed by atoms with E-state index >= 15 is 0 Å². The Bertz CT molecular complexity index is 2620. The highest BCUT2D eigenvalue weighted by molar-refractivity contribution is 6.00. The number of likely N-dealkylation sites (tertiary alicyclic amines) is 2. The molecule has 0 aliphatic carbocycles. The molecule has 0 saturated carbocycles. The van der Waals surface area contributed by atoms with Crippen molar-refractivity contribution >= 4 is 40.6 Å². The number of aromatic nitrogens is 3. The third kappa shape index (κ3) is 10.3. The number of nitrogens with zero attached hydrogens (tertiary/aromatic N) is 4. The van der Waals surface area contributed by atoms with Gasteiger partial charge in [0.05, 0.1) is 17.9 Å². The fraction of sp³-hybridized carbons (Fsp3) is 0.392. The highest BCUT2D eigenvalue weighted by Crippen LogP contribution is 2.35. The molecule has 0 spiro atoms. The second-order valence-electron chi connectivity index (χ2n) is 19.2. The number of ether oxygens (including phenoxy) is 2. The Labute approximate surface area is 385 Å². The molecule has 5 aromatic rings. The summed E-state index contributed by atoms with van der Waals surface area (Å²) in [6, 6.07) is 22.7. The SMILES string of the molecule is CC(C)(C)OC(=O)NC(C(=O)N1CCCC1C(=O)Nc1ccc2[nH]c(-c3ccc(-c4cnc([C@@H]5CCCN5C[C@H](C5=CC=CCO5)N(C(=O)O)C(C)(C)C)[nH]4)cc3)cc2c1)c1ccccc1. The minimum atomic E-state index is -1.02. The van der Waals surface area contributed by atoms with Crippen LogP contribution in [0, 0.1) is 0 Å². The maximum atomic E-state index is 14.1. The minimum absolute atomic E-state index is 0.00315. The van der Waals surface area contributed by atoms with Crippen molar-refractivity contribution in [2.45, 2.75) is 103 Å². The first-order valence-corrected chi connectivity index (χ1v) is 22.7. The first kappa shape index (κ1) is 45.7. The summed E-state index contributed by atoms with van der Waals surface area (Å²) in [7, 11) is 0. The van der Waals surface area contributed by atoms with Gasteiger partial charge >= 0.3 is 12.2 Å². The van der Waals surface area contributed by atoms with Crippen LogP contribution < -0.4 is 10.6 Å². The predicted octanol–water partition coefficient (Wildman–Crippen LogP) is 9.17. The van der Waals surface area contributed by atoms with Crippen LogP contribution >= 0.6 is 0 Å². The molecule has 0 bridgehead atoms. The number of carboxylic acid groups (broad SMARTS) is 1. The van der Waals surface area contributed by atoms with E-state index in [9.17, 15) is 24.3 Å². The Balaban J connectivity index is 0.928. The molecule has 15 nitrogen and oxygen atoms in total. The third-order valence-electron chi connectivity index (χ3n) is 12.3. The maximum Gasteiger partial charge on any atom is 0.408 e. The van der Waals surface area contributed by atoms with Gasteiger partial charge in [-0.25, -0.2) is 14.6 Å². The van der Waals surface area contributed by atoms with Crippen molar-refractivity contribution in [2.75, 3.05) is 31.6 Å². The second-order valence-corrected chi connectivity index (χ2v) is 19.2. The van der Waals surface area contributed by atoms with Crippen molar-refractivity contribution < 1.29 is 33.8 Å². The molecule has 8 rings (SSSR count). The lowest BCUT2D eigenvalue weighted by Crippen LogP contribution is -2.56. The fourth-order valence-electron chi connectivity index (χ4n) is 9.28. The number of fused-ring (bicyclic) bond motifs is 1. The van der Waals surface area contributed by atoms with E-state index in [-0.39, 0.29) is 17.9 Å². The number of imidazole rings is 1. The van der Waals surface area contributed by atoms with Gasteiger partial charge in [0.25, 0.3) is 5.91 Å². The molecule has 346 valence electrons. The number of rotatable bonds is 12. The first-order valence-electron chi connectivity index (χ1n) is 22.7. The van der Waals surface area contributed by atoms with Crippen molar-refractivity contribution in [2.24, 2.45) is 0 Å². The number of hydrogen-bond donors (Lipinski definition) is 5. The summed E-state index contributed by atoms with van der Waals surface area (Å²) < 4.78 is 11.5. The Morgan fingerprint density at radius 3 is 2.32 bits per heavy atom. The van der Waals surface area contributed by atoms with Gasteiger partial charge < -0.3 is 40.1 Å². The molecule has 3 aromatic carbocycles. The molecule has 5 N–H and O–H groups in total. The first-order chi connectivity index (χ1) is 31.5. The number of nitrogens with one attached hydrogen (secondary N) is 4. The fourth-order valence-corrected chi connectivity index (χ4v) is 9.28. The van der Waals surface area contributed by atoms with Crippen LogP contribution in [0.3, 0.4) is 0 Å². The third-order valence-corrected chi connectivity index (χ3v) is 12.3. The number of allylic oxidation sites excluding steroid dienone is 2. The van der Waals surface area contributed by atoms with Gasteiger partial charge in [-0.15, -0.1) is 0 Å². The van der Waals surface area contributed by atoms with E-state index in [4.69, 9.17) is 14.5 Å². The summed E-state index contributed by atoms with van der Waals surface area (Å²) in [5, 5.41) is 17.0. The topological polar surface area (TPSA) is 185 Å². The number of anilines is 1. The summed E-state index contributed by atoms with van der Waals surface area (Å²) in [4.78, 5) is 70.6. The molecule has 5 heterocycles. The van der Waals surface area contributed by atoms with E-state index in [1.807, 2.05) is 75.5 Å². The summed E-state index contributed by atoms with van der Waals surface area (Å²) in [6.45, 7) is 13.1. The van der Waals surface area contributed by atoms with Crippen molar-refractivity contribution in [3.8, 4) is 22.5 Å². The largest absolute Gasteiger partial charge is 0.492 e. The average molecular weight is 897 g/mol. The van der Waals surface area contributed by atoms with Crippen LogP contribution in [0.2, 0.25) is 0 Å². The van der Waals surface area contributed by atoms with Crippen LogP contribution in [0.5, 0.6) is 0 Å². The van der Waals surface area contributed by atoms with Gasteiger partial charge in [-0.2, -0.15) is 0 Å². The van der Waals surface area contributed by atoms with Crippen molar-refractivity contribution in [1.29, 1.82) is 0 Å². The molecule has 66 heavy (non-hydrogen) atoms. The number of benzene rings is 3. The van der Waals surface area contributed by atoms with Crippen LogP contribution in [-0.4, -0.2) is 108 Å². The molecule has 3 aliphatic rings. The zero-order chi connectivity index (χ0) is 46.8. The van der Waals surface area contributed by atoms with E-state index in [2.05, 4.69) is 49.8 Å². The van der Waals surface area contributed by atoms with Crippen molar-refractivity contribution in [1.82, 2.24) is 35.0 Å². The molecular formula is C51H60N8O7. The van der Waals surface area contributed by atoms with Gasteiger partial charge in [0, 0.05) is 40.9 Å². The van der Waals surface area contributed by atoms with Crippen molar-refractivity contribution in [3.05, 3.63) is 120 Å². The van der Waals surface area contributed by atoms with Gasteiger partial charge in [-0.1, -0.05) is 60.7 Å². The van der Waals surface area contributed by atoms with E-state index < -0.39 is 41.5 Å². The number of aromatic amines is 2. The quantitative estimate of drug-likeness (QED) is 0.0815. The van der Waals surface area contributed by atoms with Gasteiger partial charge in [0.1, 0.15) is 41.9 Å². The van der Waals surface area contributed by atoms with Crippen LogP contribution in [0.4, 0.5) is 15.3 Å². The number of alkyl carbamates (subject to hydrolysis) is 1. The molecule has 4 atom stereocenters. The normalized spacial score (nSPS) is 18.6. The van der Waals surface area contributed by atoms with Crippen LogP contribution in [0.1, 0.15) is 90.7 Å². The standard InChI is InChI=1S/C51H60N8O7/c1-50(2,3)59(49(63)64)42(43-18-10-11-27-65-43)31-57-25-12-16-40(57)45-52-30-39(55-45)33-21-19-32(20-22-33)38-29-35-28-36(23-24-37(35)54-38)53-46(60)41-17-13-26-58(41)47(61)44(34-14-8-7-9-15-34)56-48(62)66-51(4,5)6/h7-11,14-15,18-24,28-30,40-42,44,54H,12-13,16-17,25-27,31H2,1-6H3,(H,52,55)(H,53,60)(H,56,62)(H,63,64)/t40-,41?,42+,44?/m0/s1.